The lowest BCUT2D eigenvalue weighted by atomic mass is 9.85. The van der Waals surface area contributed by atoms with Gasteiger partial charge < -0.3 is 9.64 Å². The van der Waals surface area contributed by atoms with Crippen molar-refractivity contribution in [2.75, 3.05) is 32.4 Å². The molecule has 226 valence electrons. The monoisotopic (exact) mass is 590 g/mol. The summed E-state index contributed by atoms with van der Waals surface area (Å²) in [7, 11) is -3.03. The number of benzene rings is 3. The molecule has 1 fully saturated rings. The number of piperazine rings is 1. The summed E-state index contributed by atoms with van der Waals surface area (Å²) < 4.78 is 28.3. The summed E-state index contributed by atoms with van der Waals surface area (Å²) in [5, 5.41) is 0. The lowest BCUT2D eigenvalue weighted by Crippen LogP contribution is -2.48. The molecular formula is C35H46N2O4S. The second-order valence-corrected chi connectivity index (χ2v) is 14.3. The second-order valence-electron chi connectivity index (χ2n) is 12.3. The van der Waals surface area contributed by atoms with E-state index in [0.717, 1.165) is 63.3 Å². The van der Waals surface area contributed by atoms with Gasteiger partial charge in [-0.25, -0.2) is 8.42 Å². The SMILES string of the molecule is CC1CC(C)(C)Oc2ccc(CC(=O)N3CCN(Cc4ccccc4)CC3)cc21.CCCc1ccc(S(C)(=O)=O)cc1. The number of carbonyl (C=O) groups is 1. The van der Waals surface area contributed by atoms with Gasteiger partial charge in [0.25, 0.3) is 0 Å². The van der Waals surface area contributed by atoms with Crippen molar-refractivity contribution in [3.05, 3.63) is 95.1 Å². The zero-order valence-electron chi connectivity index (χ0n) is 25.8. The fraction of sp³-hybridized carbons (Fsp3) is 0.457. The van der Waals surface area contributed by atoms with Crippen molar-refractivity contribution >= 4 is 15.7 Å². The average Bonchev–Trinajstić information content (AvgIpc) is 2.94. The van der Waals surface area contributed by atoms with Crippen molar-refractivity contribution in [1.29, 1.82) is 0 Å². The standard InChI is InChI=1S/C25H32N2O2.C10H14O2S/c1-19-17-25(2,3)29-23-10-9-21(15-22(19)23)16-24(28)27-13-11-26(12-14-27)18-20-7-5-4-6-8-20;1-3-4-9-5-7-10(8-6-9)13(2,11)12/h4-10,15,19H,11-14,16-18H2,1-3H3;5-8H,3-4H2,1-2H3. The number of amides is 1. The topological polar surface area (TPSA) is 66.9 Å². The van der Waals surface area contributed by atoms with E-state index < -0.39 is 9.84 Å². The van der Waals surface area contributed by atoms with Gasteiger partial charge in [-0.1, -0.05) is 74.9 Å². The summed E-state index contributed by atoms with van der Waals surface area (Å²) in [6.07, 6.45) is 4.78. The lowest BCUT2D eigenvalue weighted by Gasteiger charge is -2.37. The van der Waals surface area contributed by atoms with E-state index >= 15 is 0 Å². The van der Waals surface area contributed by atoms with Gasteiger partial charge in [0.2, 0.25) is 5.91 Å². The van der Waals surface area contributed by atoms with Gasteiger partial charge in [0.15, 0.2) is 9.84 Å². The molecule has 0 spiro atoms. The van der Waals surface area contributed by atoms with Gasteiger partial charge in [-0.15, -0.1) is 0 Å². The second kappa shape index (κ2) is 13.9. The largest absolute Gasteiger partial charge is 0.488 e. The summed E-state index contributed by atoms with van der Waals surface area (Å²) in [5.41, 5.74) is 4.73. The molecule has 1 amide bonds. The maximum absolute atomic E-state index is 12.9. The van der Waals surface area contributed by atoms with Crippen LogP contribution in [0.3, 0.4) is 0 Å². The highest BCUT2D eigenvalue weighted by Gasteiger charge is 2.31. The number of aryl methyl sites for hydroxylation is 1. The summed E-state index contributed by atoms with van der Waals surface area (Å²) in [5.74, 6) is 1.65. The molecule has 1 saturated heterocycles. The molecule has 2 aliphatic heterocycles. The Kier molecular flexibility index (Phi) is 10.5. The van der Waals surface area contributed by atoms with Crippen LogP contribution in [0.4, 0.5) is 0 Å². The van der Waals surface area contributed by atoms with Crippen LogP contribution in [0.5, 0.6) is 5.75 Å². The molecular weight excluding hydrogens is 544 g/mol. The van der Waals surface area contributed by atoms with Gasteiger partial charge in [-0.2, -0.15) is 0 Å². The van der Waals surface area contributed by atoms with Crippen molar-refractivity contribution in [3.63, 3.8) is 0 Å². The highest BCUT2D eigenvalue weighted by molar-refractivity contribution is 7.90. The van der Waals surface area contributed by atoms with Crippen LogP contribution in [-0.4, -0.2) is 62.2 Å². The molecule has 0 radical (unpaired) electrons. The van der Waals surface area contributed by atoms with Gasteiger partial charge in [-0.3, -0.25) is 9.69 Å². The van der Waals surface area contributed by atoms with Gasteiger partial charge >= 0.3 is 0 Å². The normalized spacial score (nSPS) is 18.3. The van der Waals surface area contributed by atoms with Gasteiger partial charge in [0.05, 0.1) is 11.3 Å². The minimum atomic E-state index is -3.03. The van der Waals surface area contributed by atoms with Crippen LogP contribution < -0.4 is 4.74 Å². The first-order valence-corrected chi connectivity index (χ1v) is 17.0. The van der Waals surface area contributed by atoms with E-state index in [-0.39, 0.29) is 11.5 Å². The fourth-order valence-corrected chi connectivity index (χ4v) is 6.48. The summed E-state index contributed by atoms with van der Waals surface area (Å²) in [4.78, 5) is 17.7. The van der Waals surface area contributed by atoms with Crippen LogP contribution in [0.25, 0.3) is 0 Å². The molecule has 1 atom stereocenters. The molecule has 5 rings (SSSR count). The van der Waals surface area contributed by atoms with Gasteiger partial charge in [0, 0.05) is 39.0 Å². The van der Waals surface area contributed by atoms with Crippen molar-refractivity contribution in [3.8, 4) is 5.75 Å². The van der Waals surface area contributed by atoms with E-state index in [4.69, 9.17) is 4.74 Å². The minimum Gasteiger partial charge on any atom is -0.488 e. The fourth-order valence-electron chi connectivity index (χ4n) is 5.85. The van der Waals surface area contributed by atoms with Crippen molar-refractivity contribution in [2.24, 2.45) is 0 Å². The van der Waals surface area contributed by atoms with Crippen LogP contribution >= 0.6 is 0 Å². The van der Waals surface area contributed by atoms with Crippen LogP contribution in [0.15, 0.2) is 77.7 Å². The van der Waals surface area contributed by atoms with Gasteiger partial charge in [-0.05, 0) is 73.1 Å². The van der Waals surface area contributed by atoms with Crippen LogP contribution in [0.2, 0.25) is 0 Å². The maximum Gasteiger partial charge on any atom is 0.227 e. The lowest BCUT2D eigenvalue weighted by molar-refractivity contribution is -0.132. The Bertz CT molecular complexity index is 1430. The molecule has 3 aromatic rings. The summed E-state index contributed by atoms with van der Waals surface area (Å²) in [6.45, 7) is 13.1. The first-order valence-electron chi connectivity index (χ1n) is 15.1. The molecule has 0 aromatic heterocycles. The Morgan fingerprint density at radius 2 is 1.55 bits per heavy atom. The number of hydrogen-bond acceptors (Lipinski definition) is 5. The highest BCUT2D eigenvalue weighted by Crippen LogP contribution is 2.40. The first kappa shape index (κ1) is 31.8. The van der Waals surface area contributed by atoms with Gasteiger partial charge in [0.1, 0.15) is 11.4 Å². The Morgan fingerprint density at radius 3 is 2.17 bits per heavy atom. The third-order valence-corrected chi connectivity index (χ3v) is 9.14. The van der Waals surface area contributed by atoms with Crippen LogP contribution in [0.1, 0.15) is 68.7 Å². The number of rotatable bonds is 7. The molecule has 0 N–H and O–H groups in total. The number of fused-ring (bicyclic) bond motifs is 1. The maximum atomic E-state index is 12.9. The van der Waals surface area contributed by atoms with E-state index in [1.54, 1.807) is 12.1 Å². The molecule has 7 heteroatoms. The molecule has 2 heterocycles. The molecule has 0 aliphatic carbocycles. The third kappa shape index (κ3) is 8.92. The van der Waals surface area contributed by atoms with Crippen LogP contribution in [-0.2, 0) is 34.0 Å². The van der Waals surface area contributed by atoms with Crippen molar-refractivity contribution in [2.45, 2.75) is 76.3 Å². The Balaban J connectivity index is 0.000000262. The number of ether oxygens (including phenoxy) is 1. The zero-order chi connectivity index (χ0) is 30.3. The van der Waals surface area contributed by atoms with E-state index in [0.29, 0.717) is 17.2 Å². The van der Waals surface area contributed by atoms with Crippen LogP contribution in [0, 0.1) is 0 Å². The summed E-state index contributed by atoms with van der Waals surface area (Å²) in [6, 6.07) is 23.9. The van der Waals surface area contributed by atoms with E-state index in [1.807, 2.05) is 23.1 Å². The van der Waals surface area contributed by atoms with E-state index in [1.165, 1.54) is 22.9 Å². The molecule has 1 unspecified atom stereocenters. The highest BCUT2D eigenvalue weighted by atomic mass is 32.2. The predicted octanol–water partition coefficient (Wildman–Crippen LogP) is 6.28. The summed E-state index contributed by atoms with van der Waals surface area (Å²) >= 11 is 0. The first-order chi connectivity index (χ1) is 19.9. The Hall–Kier alpha value is -3.16. The Morgan fingerprint density at radius 1 is 0.905 bits per heavy atom. The quantitative estimate of drug-likeness (QED) is 0.324. The number of hydrogen-bond donors (Lipinski definition) is 0. The molecule has 0 bridgehead atoms. The van der Waals surface area contributed by atoms with E-state index in [2.05, 4.69) is 75.1 Å². The zero-order valence-corrected chi connectivity index (χ0v) is 26.6. The minimum absolute atomic E-state index is 0.122. The smallest absolute Gasteiger partial charge is 0.227 e. The average molecular weight is 591 g/mol. The molecule has 2 aliphatic rings. The molecule has 3 aromatic carbocycles. The van der Waals surface area contributed by atoms with Crippen molar-refractivity contribution < 1.29 is 17.9 Å². The molecule has 6 nitrogen and oxygen atoms in total. The molecule has 0 saturated carbocycles. The molecule has 42 heavy (non-hydrogen) atoms. The van der Waals surface area contributed by atoms with E-state index in [9.17, 15) is 13.2 Å². The number of sulfone groups is 1. The Labute approximate surface area is 252 Å². The number of nitrogens with zero attached hydrogens (tertiary/aromatic N) is 2. The third-order valence-electron chi connectivity index (χ3n) is 8.01. The van der Waals surface area contributed by atoms with Crippen molar-refractivity contribution in [1.82, 2.24) is 9.80 Å². The number of carbonyl (C=O) groups excluding carboxylic acids is 1. The predicted molar refractivity (Wildman–Crippen MR) is 170 cm³/mol.